The van der Waals surface area contributed by atoms with Gasteiger partial charge in [-0.1, -0.05) is 76.2 Å². The quantitative estimate of drug-likeness (QED) is 0.143. The average Bonchev–Trinajstić information content (AvgIpc) is 2.72. The first kappa shape index (κ1) is 37.2. The first-order valence-electron chi connectivity index (χ1n) is 13.8. The van der Waals surface area contributed by atoms with Crippen LogP contribution in [0, 0.1) is 17.8 Å². The summed E-state index contributed by atoms with van der Waals surface area (Å²) >= 11 is 0. The Morgan fingerprint density at radius 2 is 1.07 bits per heavy atom. The Kier molecular flexibility index (Phi) is 11.5. The van der Waals surface area contributed by atoms with Crippen molar-refractivity contribution in [2.45, 2.75) is 111 Å². The van der Waals surface area contributed by atoms with Crippen molar-refractivity contribution in [2.75, 3.05) is 14.2 Å². The van der Waals surface area contributed by atoms with Crippen LogP contribution in [0.5, 0.6) is 17.2 Å². The summed E-state index contributed by atoms with van der Waals surface area (Å²) in [6.45, 7) is 23.7. The third kappa shape index (κ3) is 5.71. The lowest BCUT2D eigenvalue weighted by Gasteiger charge is -2.58. The molecule has 0 bridgehead atoms. The summed E-state index contributed by atoms with van der Waals surface area (Å²) in [6.07, 6.45) is 0. The van der Waals surface area contributed by atoms with E-state index in [2.05, 4.69) is 0 Å². The highest BCUT2D eigenvalue weighted by Crippen LogP contribution is 2.82. The van der Waals surface area contributed by atoms with Crippen molar-refractivity contribution in [1.29, 1.82) is 0 Å². The minimum Gasteiger partial charge on any atom is -0.540 e. The fourth-order valence-electron chi connectivity index (χ4n) is 7.13. The van der Waals surface area contributed by atoms with Crippen molar-refractivity contribution in [3.63, 3.8) is 0 Å². The number of benzene rings is 1. The monoisotopic (exact) mass is 623 g/mol. The molecule has 0 aliphatic rings. The predicted molar refractivity (Wildman–Crippen MR) is 163 cm³/mol. The maximum absolute atomic E-state index is 13.8. The minimum absolute atomic E-state index is 0.269. The molecule has 0 aromatic heterocycles. The topological polar surface area (TPSA) is 143 Å². The van der Waals surface area contributed by atoms with E-state index in [1.807, 2.05) is 47.7 Å². The Labute approximate surface area is 243 Å². The van der Waals surface area contributed by atoms with Crippen molar-refractivity contribution in [1.82, 2.24) is 0 Å². The normalized spacial score (nSPS) is 14.2. The van der Waals surface area contributed by atoms with E-state index < -0.39 is 57.7 Å². The lowest BCUT2D eigenvalue weighted by molar-refractivity contribution is 0.113. The molecule has 0 saturated heterocycles. The smallest absolute Gasteiger partial charge is 0.344 e. The van der Waals surface area contributed by atoms with Gasteiger partial charge in [-0.3, -0.25) is 9.13 Å². The molecular formula is C28H53O9P2Si. The summed E-state index contributed by atoms with van der Waals surface area (Å²) in [5.74, 6) is -1.69. The van der Waals surface area contributed by atoms with E-state index >= 15 is 0 Å². The first-order chi connectivity index (χ1) is 17.8. The van der Waals surface area contributed by atoms with Gasteiger partial charge in [-0.2, -0.15) is 0 Å². The predicted octanol–water partition coefficient (Wildman–Crippen LogP) is 7.01. The second-order valence-corrected chi connectivity index (χ2v) is 19.1. The van der Waals surface area contributed by atoms with Gasteiger partial charge in [0.1, 0.15) is 5.75 Å². The van der Waals surface area contributed by atoms with Gasteiger partial charge in [-0.05, 0) is 42.2 Å². The van der Waals surface area contributed by atoms with E-state index in [1.165, 1.54) is 28.1 Å². The third-order valence-corrected chi connectivity index (χ3v) is 13.7. The van der Waals surface area contributed by atoms with Crippen LogP contribution in [0.3, 0.4) is 0 Å². The molecule has 0 aliphatic carbocycles. The Balaban J connectivity index is 5.20. The molecule has 1 rings (SSSR count). The van der Waals surface area contributed by atoms with Crippen molar-refractivity contribution in [3.05, 3.63) is 16.7 Å². The van der Waals surface area contributed by atoms with Crippen LogP contribution in [0.15, 0.2) is 0 Å². The summed E-state index contributed by atoms with van der Waals surface area (Å²) in [4.78, 5) is 42.0. The first-order valence-corrected chi connectivity index (χ1v) is 19.4. The van der Waals surface area contributed by atoms with Crippen LogP contribution in [-0.2, 0) is 20.0 Å². The fraction of sp³-hybridized carbons (Fsp3) is 0.786. The molecule has 12 heteroatoms. The molecule has 233 valence electrons. The van der Waals surface area contributed by atoms with E-state index in [1.54, 1.807) is 27.7 Å². The molecule has 9 nitrogen and oxygen atoms in total. The summed E-state index contributed by atoms with van der Waals surface area (Å²) in [5, 5.41) is 0. The highest BCUT2D eigenvalue weighted by atomic mass is 31.2. The highest BCUT2D eigenvalue weighted by Gasteiger charge is 2.76. The van der Waals surface area contributed by atoms with Crippen LogP contribution >= 0.6 is 15.2 Å². The Morgan fingerprint density at radius 3 is 1.30 bits per heavy atom. The van der Waals surface area contributed by atoms with Crippen molar-refractivity contribution in [2.24, 2.45) is 17.8 Å². The molecule has 0 unspecified atom stereocenters. The van der Waals surface area contributed by atoms with Gasteiger partial charge in [0.25, 0.3) is 9.04 Å². The van der Waals surface area contributed by atoms with E-state index in [0.29, 0.717) is 28.2 Å². The van der Waals surface area contributed by atoms with Crippen molar-refractivity contribution in [3.8, 4) is 17.2 Å². The highest BCUT2D eigenvalue weighted by molar-refractivity contribution is 7.72. The maximum atomic E-state index is 13.8. The van der Waals surface area contributed by atoms with Gasteiger partial charge in [-0.25, -0.2) is 0 Å². The standard InChI is InChI=1S/C28H53O9P2Si/c1-16(2)20-21(25(37-40(14)15)24(36-13)22(23(20)35-12)26(9,10)11)27(17(3)4,18(5)6)28(19(7)8,38(29,30)31)39(32,33)34/h16-19H,1-15H3,(H2,29,30,31)(H2,32,33,34). The molecule has 0 atom stereocenters. The zero-order chi connectivity index (χ0) is 32.0. The zero-order valence-electron chi connectivity index (χ0n) is 27.0. The zero-order valence-corrected chi connectivity index (χ0v) is 29.8. The summed E-state index contributed by atoms with van der Waals surface area (Å²) in [7, 11) is -9.62. The molecule has 0 amide bonds. The lowest BCUT2D eigenvalue weighted by Crippen LogP contribution is -2.60. The van der Waals surface area contributed by atoms with Gasteiger partial charge in [0.2, 0.25) is 0 Å². The van der Waals surface area contributed by atoms with Gasteiger partial charge in [0.15, 0.2) is 16.4 Å². The van der Waals surface area contributed by atoms with Crippen molar-refractivity contribution < 1.29 is 42.6 Å². The van der Waals surface area contributed by atoms with Gasteiger partial charge in [-0.15, -0.1) is 0 Å². The second-order valence-electron chi connectivity index (χ2n) is 13.1. The number of hydrogen-bond donors (Lipinski definition) is 4. The molecule has 0 heterocycles. The molecular weight excluding hydrogens is 570 g/mol. The largest absolute Gasteiger partial charge is 0.540 e. The molecule has 1 aromatic rings. The van der Waals surface area contributed by atoms with Gasteiger partial charge in [0, 0.05) is 22.1 Å². The summed E-state index contributed by atoms with van der Waals surface area (Å²) in [6, 6.07) is 0. The van der Waals surface area contributed by atoms with Crippen LogP contribution in [0.25, 0.3) is 0 Å². The Hall–Kier alpha value is -0.863. The Bertz CT molecular complexity index is 1110. The molecule has 0 spiro atoms. The van der Waals surface area contributed by atoms with Crippen LogP contribution < -0.4 is 13.9 Å². The second kappa shape index (κ2) is 12.4. The van der Waals surface area contributed by atoms with E-state index in [-0.39, 0.29) is 11.7 Å². The van der Waals surface area contributed by atoms with Crippen molar-refractivity contribution >= 4 is 24.2 Å². The number of methoxy groups -OCH3 is 2. The molecule has 1 aromatic carbocycles. The molecule has 4 N–H and O–H groups in total. The van der Waals surface area contributed by atoms with E-state index in [9.17, 15) is 28.7 Å². The minimum atomic E-state index is -5.57. The van der Waals surface area contributed by atoms with Crippen LogP contribution in [0.2, 0.25) is 13.1 Å². The fourth-order valence-corrected chi connectivity index (χ4v) is 12.7. The molecule has 1 radical (unpaired) electrons. The lowest BCUT2D eigenvalue weighted by atomic mass is 9.57. The molecule has 0 fully saturated rings. The van der Waals surface area contributed by atoms with Gasteiger partial charge in [0.05, 0.1) is 14.2 Å². The van der Waals surface area contributed by atoms with Crippen LogP contribution in [-0.4, -0.2) is 47.7 Å². The van der Waals surface area contributed by atoms with Gasteiger partial charge >= 0.3 is 15.2 Å². The maximum Gasteiger partial charge on any atom is 0.344 e. The van der Waals surface area contributed by atoms with Crippen LogP contribution in [0.1, 0.15) is 98.8 Å². The Morgan fingerprint density at radius 1 is 0.675 bits per heavy atom. The number of rotatable bonds is 12. The van der Waals surface area contributed by atoms with E-state index in [0.717, 1.165) is 0 Å². The average molecular weight is 624 g/mol. The number of ether oxygens (including phenoxy) is 2. The molecule has 40 heavy (non-hydrogen) atoms. The molecule has 0 aliphatic heterocycles. The van der Waals surface area contributed by atoms with E-state index in [4.69, 9.17) is 13.9 Å². The number of hydrogen-bond acceptors (Lipinski definition) is 5. The summed E-state index contributed by atoms with van der Waals surface area (Å²) < 4.78 is 46.4. The summed E-state index contributed by atoms with van der Waals surface area (Å²) in [5.41, 5.74) is -0.665. The van der Waals surface area contributed by atoms with Gasteiger partial charge < -0.3 is 33.5 Å². The van der Waals surface area contributed by atoms with Crippen LogP contribution in [0.4, 0.5) is 0 Å². The molecule has 0 saturated carbocycles. The SMILES string of the molecule is COc1c(O[Si](C)C)c(C(C(C)C)(C(C)C)C(C(C)C)(P(=O)(O)O)P(=O)(O)O)c(C(C)C)c(OC)c1C(C)(C)C. The third-order valence-electron chi connectivity index (χ3n) is 7.98.